The number of carbonyl (C=O) groups is 1. The van der Waals surface area contributed by atoms with Crippen LogP contribution in [0.25, 0.3) is 0 Å². The zero-order chi connectivity index (χ0) is 9.28. The van der Waals surface area contributed by atoms with Crippen LogP contribution < -0.4 is 35.3 Å². The topological polar surface area (TPSA) is 43.1 Å². The molecule has 0 aliphatic heterocycles. The molecule has 13 heavy (non-hydrogen) atoms. The number of nitrogens with two attached hydrogens (primary N) is 1. The van der Waals surface area contributed by atoms with Crippen LogP contribution in [0.2, 0.25) is 0 Å². The fraction of sp³-hybridized carbons (Fsp3) is 0.333. The molecule has 0 aromatic rings. The van der Waals surface area contributed by atoms with E-state index in [2.05, 4.69) is 32.2 Å². The van der Waals surface area contributed by atoms with Crippen molar-refractivity contribution in [3.63, 3.8) is 0 Å². The van der Waals surface area contributed by atoms with Gasteiger partial charge < -0.3 is 5.73 Å². The SMILES string of the molecule is C=CC(N)=O.C[CH-]C=C(C)C.Cl.[Na+]. The molecule has 0 saturated heterocycles. The van der Waals surface area contributed by atoms with E-state index in [1.165, 1.54) is 5.57 Å². The number of allylic oxidation sites excluding steroid dienone is 2. The van der Waals surface area contributed by atoms with Crippen LogP contribution in [0.15, 0.2) is 24.3 Å². The van der Waals surface area contributed by atoms with E-state index in [0.717, 1.165) is 6.08 Å². The monoisotopic (exact) mass is 213 g/mol. The molecule has 0 fully saturated rings. The third-order valence-electron chi connectivity index (χ3n) is 0.701. The van der Waals surface area contributed by atoms with Crippen LogP contribution in [0.4, 0.5) is 0 Å². The molecule has 0 spiro atoms. The summed E-state index contributed by atoms with van der Waals surface area (Å²) >= 11 is 0. The van der Waals surface area contributed by atoms with Gasteiger partial charge >= 0.3 is 29.6 Å². The summed E-state index contributed by atoms with van der Waals surface area (Å²) in [5.41, 5.74) is 5.89. The molecule has 0 rings (SSSR count). The second-order valence-electron chi connectivity index (χ2n) is 2.18. The van der Waals surface area contributed by atoms with Gasteiger partial charge in [-0.3, -0.25) is 4.79 Å². The van der Waals surface area contributed by atoms with Crippen molar-refractivity contribution in [1.82, 2.24) is 0 Å². The minimum Gasteiger partial charge on any atom is -0.366 e. The Hall–Kier alpha value is 0.110. The van der Waals surface area contributed by atoms with Crippen molar-refractivity contribution in [2.75, 3.05) is 0 Å². The summed E-state index contributed by atoms with van der Waals surface area (Å²) in [4.78, 5) is 9.47. The summed E-state index contributed by atoms with van der Waals surface area (Å²) in [6, 6.07) is 0. The molecule has 0 aliphatic carbocycles. The molecule has 2 N–H and O–H groups in total. The van der Waals surface area contributed by atoms with Crippen molar-refractivity contribution in [2.24, 2.45) is 5.73 Å². The van der Waals surface area contributed by atoms with E-state index in [0.29, 0.717) is 0 Å². The van der Waals surface area contributed by atoms with Gasteiger partial charge in [0, 0.05) is 0 Å². The maximum absolute atomic E-state index is 9.47. The van der Waals surface area contributed by atoms with Gasteiger partial charge in [0.1, 0.15) is 0 Å². The van der Waals surface area contributed by atoms with Crippen LogP contribution in [0.1, 0.15) is 20.8 Å². The number of rotatable bonds is 2. The number of hydrogen-bond acceptors (Lipinski definition) is 1. The first-order valence-corrected chi connectivity index (χ1v) is 3.39. The first-order chi connectivity index (χ1) is 5.04. The molecule has 0 unspecified atom stereocenters. The van der Waals surface area contributed by atoms with Crippen molar-refractivity contribution in [2.45, 2.75) is 20.8 Å². The summed E-state index contributed by atoms with van der Waals surface area (Å²) < 4.78 is 0. The Morgan fingerprint density at radius 3 is 1.77 bits per heavy atom. The molecule has 0 saturated carbocycles. The molecule has 0 aromatic heterocycles. The first-order valence-electron chi connectivity index (χ1n) is 3.39. The molecule has 0 aromatic carbocycles. The molecule has 0 aliphatic rings. The summed E-state index contributed by atoms with van der Waals surface area (Å²) in [6.07, 6.45) is 5.18. The number of halogens is 1. The predicted octanol–water partition coefficient (Wildman–Crippen LogP) is -0.740. The van der Waals surface area contributed by atoms with E-state index in [1.807, 2.05) is 13.3 Å². The molecular weight excluding hydrogens is 197 g/mol. The fourth-order valence-electron chi connectivity index (χ4n) is 0.333. The minimum atomic E-state index is -0.481. The third kappa shape index (κ3) is 47.4. The molecule has 0 atom stereocenters. The van der Waals surface area contributed by atoms with Crippen LogP contribution in [0, 0.1) is 6.42 Å². The van der Waals surface area contributed by atoms with Crippen LogP contribution in [0.3, 0.4) is 0 Å². The van der Waals surface area contributed by atoms with Crippen molar-refractivity contribution >= 4 is 18.3 Å². The maximum atomic E-state index is 9.47. The molecular formula is C9H17ClNNaO. The van der Waals surface area contributed by atoms with E-state index in [-0.39, 0.29) is 42.0 Å². The Labute approximate surface area is 109 Å². The summed E-state index contributed by atoms with van der Waals surface area (Å²) in [7, 11) is 0. The van der Waals surface area contributed by atoms with Gasteiger partial charge in [-0.2, -0.15) is 0 Å². The Morgan fingerprint density at radius 1 is 1.46 bits per heavy atom. The van der Waals surface area contributed by atoms with Crippen LogP contribution in [-0.4, -0.2) is 5.91 Å². The maximum Gasteiger partial charge on any atom is 1.00 e. The van der Waals surface area contributed by atoms with Gasteiger partial charge in [-0.25, -0.2) is 18.1 Å². The van der Waals surface area contributed by atoms with Crippen molar-refractivity contribution < 1.29 is 34.4 Å². The zero-order valence-corrected chi connectivity index (χ0v) is 11.6. The molecule has 0 bridgehead atoms. The summed E-state index contributed by atoms with van der Waals surface area (Å²) in [6.45, 7) is 9.27. The van der Waals surface area contributed by atoms with E-state index in [4.69, 9.17) is 0 Å². The average molecular weight is 214 g/mol. The number of carbonyl (C=O) groups excluding carboxylic acids is 1. The fourth-order valence-corrected chi connectivity index (χ4v) is 0.333. The van der Waals surface area contributed by atoms with Crippen molar-refractivity contribution in [3.8, 4) is 0 Å². The van der Waals surface area contributed by atoms with E-state index >= 15 is 0 Å². The van der Waals surface area contributed by atoms with Crippen molar-refractivity contribution in [3.05, 3.63) is 30.7 Å². The van der Waals surface area contributed by atoms with E-state index in [1.54, 1.807) is 0 Å². The minimum absolute atomic E-state index is 0. The van der Waals surface area contributed by atoms with E-state index in [9.17, 15) is 4.79 Å². The molecule has 1 amide bonds. The molecule has 4 heteroatoms. The van der Waals surface area contributed by atoms with Gasteiger partial charge in [-0.1, -0.05) is 6.58 Å². The number of primary amides is 1. The standard InChI is InChI=1S/C6H11.C3H5NO.ClH.Na/c1-4-5-6(2)3;1-2-3(4)5;;/h4-5H,1-3H3;2H,1H2,(H2,4,5);1H;/q-1;;;+1. The van der Waals surface area contributed by atoms with Gasteiger partial charge in [0.2, 0.25) is 5.91 Å². The first kappa shape index (κ1) is 23.2. The van der Waals surface area contributed by atoms with Crippen LogP contribution in [-0.2, 0) is 4.79 Å². The number of amides is 1. The number of hydrogen-bond donors (Lipinski definition) is 1. The molecule has 0 heterocycles. The Bertz CT molecular complexity index is 154. The largest absolute Gasteiger partial charge is 1.00 e. The zero-order valence-electron chi connectivity index (χ0n) is 8.83. The smallest absolute Gasteiger partial charge is 0.366 e. The molecule has 72 valence electrons. The summed E-state index contributed by atoms with van der Waals surface area (Å²) in [5.74, 6) is -0.481. The van der Waals surface area contributed by atoms with Gasteiger partial charge in [-0.15, -0.1) is 33.2 Å². The van der Waals surface area contributed by atoms with Gasteiger partial charge in [0.05, 0.1) is 0 Å². The quantitative estimate of drug-likeness (QED) is 0.367. The summed E-state index contributed by atoms with van der Waals surface area (Å²) in [5, 5.41) is 0. The predicted molar refractivity (Wildman–Crippen MR) is 56.0 cm³/mol. The van der Waals surface area contributed by atoms with Gasteiger partial charge in [-0.05, 0) is 6.08 Å². The van der Waals surface area contributed by atoms with Gasteiger partial charge in [0.25, 0.3) is 0 Å². The molecule has 0 radical (unpaired) electrons. The Morgan fingerprint density at radius 2 is 1.77 bits per heavy atom. The van der Waals surface area contributed by atoms with Crippen LogP contribution >= 0.6 is 12.4 Å². The van der Waals surface area contributed by atoms with Crippen molar-refractivity contribution in [1.29, 1.82) is 0 Å². The Kier molecular flexibility index (Phi) is 32.1. The third-order valence-corrected chi connectivity index (χ3v) is 0.701. The van der Waals surface area contributed by atoms with Gasteiger partial charge in [0.15, 0.2) is 0 Å². The second kappa shape index (κ2) is 18.0. The van der Waals surface area contributed by atoms with Crippen LogP contribution in [0.5, 0.6) is 0 Å². The van der Waals surface area contributed by atoms with E-state index < -0.39 is 5.91 Å². The molecule has 2 nitrogen and oxygen atoms in total. The second-order valence-corrected chi connectivity index (χ2v) is 2.18. The average Bonchev–Trinajstić information content (AvgIpc) is 1.89. The normalized spacial score (nSPS) is 5.77. The Balaban J connectivity index is -0.0000000546.